The Morgan fingerprint density at radius 1 is 1.10 bits per heavy atom. The topological polar surface area (TPSA) is 32.3 Å². The van der Waals surface area contributed by atoms with E-state index in [4.69, 9.17) is 4.98 Å². The molecule has 0 amide bonds. The summed E-state index contributed by atoms with van der Waals surface area (Å²) in [6.07, 6.45) is 2.79. The predicted molar refractivity (Wildman–Crippen MR) is 85.2 cm³/mol. The van der Waals surface area contributed by atoms with Crippen LogP contribution in [0.5, 0.6) is 0 Å². The van der Waals surface area contributed by atoms with E-state index in [2.05, 4.69) is 51.5 Å². The number of piperazine rings is 1. The molecule has 1 aromatic rings. The molecule has 1 saturated heterocycles. The van der Waals surface area contributed by atoms with Gasteiger partial charge in [-0.05, 0) is 28.8 Å². The van der Waals surface area contributed by atoms with Crippen LogP contribution in [0, 0.1) is 0 Å². The minimum atomic E-state index is -0.0195. The maximum atomic E-state index is 4.78. The Kier molecular flexibility index (Phi) is 3.75. The first-order valence-corrected chi connectivity index (χ1v) is 8.27. The Morgan fingerprint density at radius 3 is 2.30 bits per heavy atom. The van der Waals surface area contributed by atoms with E-state index >= 15 is 0 Å². The molecule has 0 N–H and O–H groups in total. The molecule has 0 bridgehead atoms. The fraction of sp³-hybridized carbons (Fsp3) is 0.733. The molecule has 1 aliphatic heterocycles. The number of rotatable bonds is 2. The first kappa shape index (κ1) is 14.3. The highest BCUT2D eigenvalue weighted by atomic mass is 79.9. The lowest BCUT2D eigenvalue weighted by atomic mass is 9.96. The van der Waals surface area contributed by atoms with Crippen LogP contribution < -0.4 is 4.90 Å². The zero-order valence-electron chi connectivity index (χ0n) is 12.6. The molecule has 0 unspecified atom stereocenters. The van der Waals surface area contributed by atoms with Crippen LogP contribution in [-0.2, 0) is 5.41 Å². The van der Waals surface area contributed by atoms with Gasteiger partial charge in [0.1, 0.15) is 16.2 Å². The van der Waals surface area contributed by atoms with Gasteiger partial charge < -0.3 is 4.90 Å². The Hall–Kier alpha value is -0.680. The summed E-state index contributed by atoms with van der Waals surface area (Å²) in [6.45, 7) is 10.9. The number of hydrogen-bond donors (Lipinski definition) is 0. The van der Waals surface area contributed by atoms with Crippen LogP contribution >= 0.6 is 15.9 Å². The quantitative estimate of drug-likeness (QED) is 0.776. The molecule has 5 heteroatoms. The summed E-state index contributed by atoms with van der Waals surface area (Å²) in [7, 11) is 0. The number of hydrogen-bond acceptors (Lipinski definition) is 4. The molecule has 4 nitrogen and oxygen atoms in total. The average Bonchev–Trinajstić information content (AvgIpc) is 3.21. The Bertz CT molecular complexity index is 485. The van der Waals surface area contributed by atoms with Crippen molar-refractivity contribution in [2.75, 3.05) is 31.1 Å². The normalized spacial score (nSPS) is 21.3. The maximum absolute atomic E-state index is 4.78. The molecule has 0 atom stereocenters. The third-order valence-corrected chi connectivity index (χ3v) is 4.46. The highest BCUT2D eigenvalue weighted by Crippen LogP contribution is 2.29. The second-order valence-electron chi connectivity index (χ2n) is 6.88. The molecule has 1 aliphatic carbocycles. The van der Waals surface area contributed by atoms with Crippen molar-refractivity contribution in [2.45, 2.75) is 45.1 Å². The predicted octanol–water partition coefficient (Wildman–Crippen LogP) is 2.82. The van der Waals surface area contributed by atoms with E-state index in [1.807, 2.05) is 6.07 Å². The van der Waals surface area contributed by atoms with Crippen LogP contribution in [0.15, 0.2) is 10.7 Å². The second-order valence-corrected chi connectivity index (χ2v) is 7.69. The fourth-order valence-corrected chi connectivity index (χ4v) is 3.03. The van der Waals surface area contributed by atoms with E-state index in [9.17, 15) is 0 Å². The summed E-state index contributed by atoms with van der Waals surface area (Å²) in [5.74, 6) is 1.97. The van der Waals surface area contributed by atoms with Crippen molar-refractivity contribution in [3.63, 3.8) is 0 Å². The minimum Gasteiger partial charge on any atom is -0.354 e. The number of aromatic nitrogens is 2. The van der Waals surface area contributed by atoms with Gasteiger partial charge in [-0.3, -0.25) is 4.90 Å². The number of halogens is 1. The van der Waals surface area contributed by atoms with Crippen LogP contribution in [-0.4, -0.2) is 47.1 Å². The van der Waals surface area contributed by atoms with Crippen LogP contribution in [0.3, 0.4) is 0 Å². The van der Waals surface area contributed by atoms with E-state index < -0.39 is 0 Å². The fourth-order valence-electron chi connectivity index (χ4n) is 2.66. The molecule has 2 heterocycles. The minimum absolute atomic E-state index is 0.0195. The van der Waals surface area contributed by atoms with Crippen molar-refractivity contribution in [2.24, 2.45) is 0 Å². The van der Waals surface area contributed by atoms with Crippen LogP contribution in [0.2, 0.25) is 0 Å². The van der Waals surface area contributed by atoms with Crippen molar-refractivity contribution in [1.82, 2.24) is 14.9 Å². The average molecular weight is 339 g/mol. The third-order valence-electron chi connectivity index (χ3n) is 4.05. The maximum Gasteiger partial charge on any atom is 0.137 e. The lowest BCUT2D eigenvalue weighted by molar-refractivity contribution is 0.247. The molecule has 0 radical (unpaired) electrons. The largest absolute Gasteiger partial charge is 0.354 e. The zero-order chi connectivity index (χ0) is 14.3. The lowest BCUT2D eigenvalue weighted by Gasteiger charge is -2.36. The monoisotopic (exact) mass is 338 g/mol. The molecule has 0 aromatic carbocycles. The van der Waals surface area contributed by atoms with Crippen molar-refractivity contribution in [1.29, 1.82) is 0 Å². The van der Waals surface area contributed by atoms with Crippen molar-refractivity contribution in [3.05, 3.63) is 16.5 Å². The van der Waals surface area contributed by atoms with Crippen LogP contribution in [0.1, 0.15) is 39.4 Å². The SMILES string of the molecule is CC(C)(C)c1nc(Br)cc(N2CCN(C3CC3)CC2)n1. The Labute approximate surface area is 129 Å². The van der Waals surface area contributed by atoms with E-state index in [0.29, 0.717) is 0 Å². The molecule has 20 heavy (non-hydrogen) atoms. The van der Waals surface area contributed by atoms with Gasteiger partial charge in [-0.25, -0.2) is 9.97 Å². The second kappa shape index (κ2) is 5.26. The standard InChI is InChI=1S/C15H23BrN4/c1-15(2,3)14-17-12(16)10-13(18-14)20-8-6-19(7-9-20)11-4-5-11/h10-11H,4-9H2,1-3H3. The molecular formula is C15H23BrN4. The van der Waals surface area contributed by atoms with Crippen molar-refractivity contribution < 1.29 is 0 Å². The molecule has 1 saturated carbocycles. The molecule has 0 spiro atoms. The smallest absolute Gasteiger partial charge is 0.137 e. The van der Waals surface area contributed by atoms with Gasteiger partial charge in [-0.15, -0.1) is 0 Å². The summed E-state index contributed by atoms with van der Waals surface area (Å²) >= 11 is 3.53. The van der Waals surface area contributed by atoms with E-state index in [1.165, 1.54) is 12.8 Å². The molecule has 3 rings (SSSR count). The van der Waals surface area contributed by atoms with Gasteiger partial charge >= 0.3 is 0 Å². The molecule has 1 aromatic heterocycles. The number of nitrogens with zero attached hydrogens (tertiary/aromatic N) is 4. The highest BCUT2D eigenvalue weighted by molar-refractivity contribution is 9.10. The van der Waals surface area contributed by atoms with Gasteiger partial charge in [0.15, 0.2) is 0 Å². The van der Waals surface area contributed by atoms with E-state index in [0.717, 1.165) is 48.5 Å². The molecule has 2 fully saturated rings. The molecule has 2 aliphatic rings. The first-order valence-electron chi connectivity index (χ1n) is 7.47. The Balaban J connectivity index is 1.75. The van der Waals surface area contributed by atoms with Gasteiger partial charge in [-0.1, -0.05) is 20.8 Å². The van der Waals surface area contributed by atoms with Crippen LogP contribution in [0.4, 0.5) is 5.82 Å². The Morgan fingerprint density at radius 2 is 1.75 bits per heavy atom. The molecule has 110 valence electrons. The van der Waals surface area contributed by atoms with Gasteiger partial charge in [-0.2, -0.15) is 0 Å². The summed E-state index contributed by atoms with van der Waals surface area (Å²) in [5.41, 5.74) is -0.0195. The highest BCUT2D eigenvalue weighted by Gasteiger charge is 2.31. The van der Waals surface area contributed by atoms with Crippen molar-refractivity contribution in [3.8, 4) is 0 Å². The van der Waals surface area contributed by atoms with Gasteiger partial charge in [0.25, 0.3) is 0 Å². The van der Waals surface area contributed by atoms with Gasteiger partial charge in [0, 0.05) is 43.7 Å². The summed E-state index contributed by atoms with van der Waals surface area (Å²) < 4.78 is 0.886. The summed E-state index contributed by atoms with van der Waals surface area (Å²) in [6, 6.07) is 2.92. The zero-order valence-corrected chi connectivity index (χ0v) is 14.2. The first-order chi connectivity index (χ1) is 9.43. The van der Waals surface area contributed by atoms with Gasteiger partial charge in [0.2, 0.25) is 0 Å². The third kappa shape index (κ3) is 3.14. The van der Waals surface area contributed by atoms with Crippen LogP contribution in [0.25, 0.3) is 0 Å². The summed E-state index contributed by atoms with van der Waals surface area (Å²) in [4.78, 5) is 14.3. The van der Waals surface area contributed by atoms with E-state index in [1.54, 1.807) is 0 Å². The number of anilines is 1. The van der Waals surface area contributed by atoms with Crippen molar-refractivity contribution >= 4 is 21.7 Å². The van der Waals surface area contributed by atoms with Gasteiger partial charge in [0.05, 0.1) is 0 Å². The lowest BCUT2D eigenvalue weighted by Crippen LogP contribution is -2.47. The van der Waals surface area contributed by atoms with E-state index in [-0.39, 0.29) is 5.41 Å². The summed E-state index contributed by atoms with van der Waals surface area (Å²) in [5, 5.41) is 0. The molecular weight excluding hydrogens is 316 g/mol.